The molecule has 0 N–H and O–H groups in total. The highest BCUT2D eigenvalue weighted by Crippen LogP contribution is 2.33. The number of rotatable bonds is 2. The number of likely N-dealkylation sites (N-methyl/N-ethyl adjacent to an activating group) is 1. The number of Topliss-reactive ketones (excluding diaryl/α,β-unsaturated/α-hetero) is 1. The molecule has 1 aliphatic carbocycles. The first kappa shape index (κ1) is 8.24. The second kappa shape index (κ2) is 3.17. The maximum absolute atomic E-state index is 11.7. The van der Waals surface area contributed by atoms with E-state index in [1.807, 2.05) is 0 Å². The molecule has 1 saturated heterocycles. The minimum atomic E-state index is 0.270. The van der Waals surface area contributed by atoms with Crippen LogP contribution in [0.2, 0.25) is 0 Å². The summed E-state index contributed by atoms with van der Waals surface area (Å²) in [4.78, 5) is 14.0. The van der Waals surface area contributed by atoms with E-state index in [0.29, 0.717) is 11.7 Å². The Bertz CT molecular complexity index is 186. The van der Waals surface area contributed by atoms with Crippen LogP contribution in [0.4, 0.5) is 0 Å². The van der Waals surface area contributed by atoms with Crippen LogP contribution in [0.5, 0.6) is 0 Å². The fourth-order valence-corrected chi connectivity index (χ4v) is 2.07. The van der Waals surface area contributed by atoms with Crippen molar-refractivity contribution in [1.82, 2.24) is 4.90 Å². The van der Waals surface area contributed by atoms with E-state index in [1.54, 1.807) is 0 Å². The summed E-state index contributed by atoms with van der Waals surface area (Å²) in [5, 5.41) is 0. The van der Waals surface area contributed by atoms with Crippen LogP contribution in [0, 0.1) is 5.92 Å². The molecule has 68 valence electrons. The Balaban J connectivity index is 1.95. The highest BCUT2D eigenvalue weighted by molar-refractivity contribution is 5.88. The molecule has 0 aromatic carbocycles. The lowest BCUT2D eigenvalue weighted by Crippen LogP contribution is -2.42. The van der Waals surface area contributed by atoms with Crippen molar-refractivity contribution in [3.8, 4) is 0 Å². The number of ketones is 1. The lowest BCUT2D eigenvalue weighted by molar-refractivity contribution is -0.126. The van der Waals surface area contributed by atoms with Gasteiger partial charge in [0.25, 0.3) is 0 Å². The number of carbonyl (C=O) groups excluding carboxylic acids is 1. The summed E-state index contributed by atoms with van der Waals surface area (Å²) in [6.45, 7) is 1.11. The molecule has 0 bridgehead atoms. The molecule has 0 aromatic heterocycles. The molecular weight excluding hydrogens is 150 g/mol. The third kappa shape index (κ3) is 1.53. The summed E-state index contributed by atoms with van der Waals surface area (Å²) >= 11 is 0. The van der Waals surface area contributed by atoms with E-state index in [-0.39, 0.29) is 6.04 Å². The second-order valence-corrected chi connectivity index (χ2v) is 4.17. The first-order valence-electron chi connectivity index (χ1n) is 5.03. The molecule has 1 unspecified atom stereocenters. The first-order chi connectivity index (χ1) is 5.79. The number of piperidine rings is 1. The monoisotopic (exact) mass is 167 g/mol. The third-order valence-electron chi connectivity index (χ3n) is 3.08. The van der Waals surface area contributed by atoms with Crippen molar-refractivity contribution in [3.63, 3.8) is 0 Å². The molecule has 2 fully saturated rings. The topological polar surface area (TPSA) is 20.3 Å². The van der Waals surface area contributed by atoms with E-state index in [0.717, 1.165) is 25.8 Å². The van der Waals surface area contributed by atoms with Gasteiger partial charge >= 0.3 is 0 Å². The number of hydrogen-bond acceptors (Lipinski definition) is 2. The SMILES string of the molecule is CN1CCCCC1C(=O)C1CC1. The Hall–Kier alpha value is -0.370. The fraction of sp³-hybridized carbons (Fsp3) is 0.900. The highest BCUT2D eigenvalue weighted by Gasteiger charge is 2.36. The Labute approximate surface area is 73.9 Å². The van der Waals surface area contributed by atoms with Gasteiger partial charge in [-0.05, 0) is 39.3 Å². The van der Waals surface area contributed by atoms with Gasteiger partial charge in [0.05, 0.1) is 6.04 Å². The minimum Gasteiger partial charge on any atom is -0.298 e. The van der Waals surface area contributed by atoms with Gasteiger partial charge in [-0.2, -0.15) is 0 Å². The Morgan fingerprint density at radius 1 is 1.25 bits per heavy atom. The average Bonchev–Trinajstić information content (AvgIpc) is 2.86. The summed E-state index contributed by atoms with van der Waals surface area (Å²) < 4.78 is 0. The van der Waals surface area contributed by atoms with Crippen LogP contribution < -0.4 is 0 Å². The van der Waals surface area contributed by atoms with Gasteiger partial charge in [0.15, 0.2) is 5.78 Å². The summed E-state index contributed by atoms with van der Waals surface area (Å²) in [7, 11) is 2.09. The first-order valence-corrected chi connectivity index (χ1v) is 5.03. The number of carbonyl (C=O) groups is 1. The van der Waals surface area contributed by atoms with Crippen LogP contribution in [0.3, 0.4) is 0 Å². The predicted molar refractivity (Wildman–Crippen MR) is 48.0 cm³/mol. The van der Waals surface area contributed by atoms with E-state index in [1.165, 1.54) is 12.8 Å². The summed E-state index contributed by atoms with van der Waals surface area (Å²) in [5.41, 5.74) is 0. The van der Waals surface area contributed by atoms with Gasteiger partial charge in [0.2, 0.25) is 0 Å². The van der Waals surface area contributed by atoms with Crippen molar-refractivity contribution in [1.29, 1.82) is 0 Å². The van der Waals surface area contributed by atoms with E-state index < -0.39 is 0 Å². The molecule has 2 rings (SSSR count). The largest absolute Gasteiger partial charge is 0.298 e. The maximum Gasteiger partial charge on any atom is 0.153 e. The van der Waals surface area contributed by atoms with Crippen LogP contribution in [0.1, 0.15) is 32.1 Å². The molecule has 2 nitrogen and oxygen atoms in total. The number of nitrogens with zero attached hydrogens (tertiary/aromatic N) is 1. The van der Waals surface area contributed by atoms with Crippen LogP contribution in [-0.2, 0) is 4.79 Å². The van der Waals surface area contributed by atoms with Gasteiger partial charge in [-0.3, -0.25) is 9.69 Å². The van der Waals surface area contributed by atoms with Crippen LogP contribution >= 0.6 is 0 Å². The molecule has 0 amide bonds. The van der Waals surface area contributed by atoms with Crippen molar-refractivity contribution in [3.05, 3.63) is 0 Å². The Kier molecular flexibility index (Phi) is 2.18. The molecule has 2 heteroatoms. The molecule has 2 aliphatic rings. The normalized spacial score (nSPS) is 31.9. The Morgan fingerprint density at radius 2 is 2.00 bits per heavy atom. The zero-order valence-electron chi connectivity index (χ0n) is 7.75. The quantitative estimate of drug-likeness (QED) is 0.620. The van der Waals surface area contributed by atoms with Gasteiger partial charge in [-0.1, -0.05) is 6.42 Å². The molecular formula is C10H17NO. The van der Waals surface area contributed by atoms with Crippen molar-refractivity contribution in [2.45, 2.75) is 38.1 Å². The van der Waals surface area contributed by atoms with E-state index >= 15 is 0 Å². The summed E-state index contributed by atoms with van der Waals surface area (Å²) in [5.74, 6) is 0.966. The molecule has 0 radical (unpaired) electrons. The fourth-order valence-electron chi connectivity index (χ4n) is 2.07. The maximum atomic E-state index is 11.7. The van der Waals surface area contributed by atoms with E-state index in [2.05, 4.69) is 11.9 Å². The second-order valence-electron chi connectivity index (χ2n) is 4.17. The van der Waals surface area contributed by atoms with Crippen molar-refractivity contribution >= 4 is 5.78 Å². The van der Waals surface area contributed by atoms with Crippen LogP contribution in [0.25, 0.3) is 0 Å². The number of likely N-dealkylation sites (tertiary alicyclic amines) is 1. The van der Waals surface area contributed by atoms with Crippen molar-refractivity contribution in [2.75, 3.05) is 13.6 Å². The third-order valence-corrected chi connectivity index (χ3v) is 3.08. The molecule has 1 saturated carbocycles. The summed E-state index contributed by atoms with van der Waals surface area (Å²) in [6, 6.07) is 0.270. The molecule has 0 aromatic rings. The lowest BCUT2D eigenvalue weighted by Gasteiger charge is -2.31. The Morgan fingerprint density at radius 3 is 2.58 bits per heavy atom. The molecule has 0 spiro atoms. The highest BCUT2D eigenvalue weighted by atomic mass is 16.1. The van der Waals surface area contributed by atoms with Crippen LogP contribution in [0.15, 0.2) is 0 Å². The van der Waals surface area contributed by atoms with Crippen molar-refractivity contribution < 1.29 is 4.79 Å². The van der Waals surface area contributed by atoms with E-state index in [4.69, 9.17) is 0 Å². The van der Waals surface area contributed by atoms with Crippen molar-refractivity contribution in [2.24, 2.45) is 5.92 Å². The summed E-state index contributed by atoms with van der Waals surface area (Å²) in [6.07, 6.45) is 5.93. The smallest absolute Gasteiger partial charge is 0.153 e. The molecule has 1 aliphatic heterocycles. The molecule has 1 atom stereocenters. The van der Waals surface area contributed by atoms with Gasteiger partial charge in [0.1, 0.15) is 0 Å². The predicted octanol–water partition coefficient (Wildman–Crippen LogP) is 1.45. The van der Waals surface area contributed by atoms with Crippen LogP contribution in [-0.4, -0.2) is 30.3 Å². The molecule has 1 heterocycles. The van der Waals surface area contributed by atoms with E-state index in [9.17, 15) is 4.79 Å². The zero-order chi connectivity index (χ0) is 8.55. The average molecular weight is 167 g/mol. The van der Waals surface area contributed by atoms with Gasteiger partial charge < -0.3 is 0 Å². The standard InChI is InChI=1S/C10H17NO/c1-11-7-3-2-4-9(11)10(12)8-5-6-8/h8-9H,2-7H2,1H3. The molecule has 12 heavy (non-hydrogen) atoms. The van der Waals surface area contributed by atoms with Gasteiger partial charge in [0, 0.05) is 5.92 Å². The minimum absolute atomic E-state index is 0.270. The lowest BCUT2D eigenvalue weighted by atomic mass is 9.97. The number of hydrogen-bond donors (Lipinski definition) is 0. The zero-order valence-corrected chi connectivity index (χ0v) is 7.75. The van der Waals surface area contributed by atoms with Gasteiger partial charge in [-0.15, -0.1) is 0 Å². The van der Waals surface area contributed by atoms with Gasteiger partial charge in [-0.25, -0.2) is 0 Å².